The summed E-state index contributed by atoms with van der Waals surface area (Å²) in [6.07, 6.45) is 1.76. The van der Waals surface area contributed by atoms with Crippen LogP contribution in [0.5, 0.6) is 0 Å². The number of carbonyl (C=O) groups is 1. The molecule has 0 spiro atoms. The van der Waals surface area contributed by atoms with Crippen molar-refractivity contribution in [3.63, 3.8) is 0 Å². The molecule has 2 aromatic heterocycles. The van der Waals surface area contributed by atoms with Gasteiger partial charge < -0.3 is 9.40 Å². The van der Waals surface area contributed by atoms with Gasteiger partial charge in [-0.1, -0.05) is 47.7 Å². The zero-order valence-electron chi connectivity index (χ0n) is 14.4. The summed E-state index contributed by atoms with van der Waals surface area (Å²) in [4.78, 5) is 16.0. The van der Waals surface area contributed by atoms with Crippen molar-refractivity contribution in [3.05, 3.63) is 65.9 Å². The number of benzene rings is 2. The van der Waals surface area contributed by atoms with Crippen molar-refractivity contribution in [1.29, 1.82) is 0 Å². The molecule has 2 aromatic carbocycles. The van der Waals surface area contributed by atoms with Crippen molar-refractivity contribution in [2.75, 3.05) is 0 Å². The minimum Gasteiger partial charge on any atom is -0.411 e. The number of ketones is 1. The fraction of sp³-hybridized carbons (Fsp3) is 0.150. The maximum Gasteiger partial charge on any atom is 0.277 e. The lowest BCUT2D eigenvalue weighted by molar-refractivity contribution is 0.0995. The molecule has 130 valence electrons. The van der Waals surface area contributed by atoms with E-state index in [1.54, 1.807) is 6.20 Å². The molecule has 2 heterocycles. The molecule has 0 bridgehead atoms. The Kier molecular flexibility index (Phi) is 4.34. The summed E-state index contributed by atoms with van der Waals surface area (Å²) >= 11 is 1.27. The molecule has 0 aliphatic rings. The number of para-hydroxylation sites is 1. The molecule has 6 heteroatoms. The Bertz CT molecular complexity index is 1080. The van der Waals surface area contributed by atoms with E-state index >= 15 is 0 Å². The first kappa shape index (κ1) is 16.6. The molecule has 0 fully saturated rings. The number of H-pyrrole nitrogens is 1. The molecular weight excluding hydrogens is 346 g/mol. The molecule has 0 unspecified atom stereocenters. The van der Waals surface area contributed by atoms with Gasteiger partial charge >= 0.3 is 0 Å². The van der Waals surface area contributed by atoms with Crippen LogP contribution in [0.15, 0.2) is 64.4 Å². The molecule has 0 aliphatic carbocycles. The topological polar surface area (TPSA) is 71.8 Å². The quantitative estimate of drug-likeness (QED) is 0.404. The minimum absolute atomic E-state index is 0.0303. The van der Waals surface area contributed by atoms with Crippen LogP contribution in [-0.2, 0) is 0 Å². The van der Waals surface area contributed by atoms with Crippen molar-refractivity contribution in [2.24, 2.45) is 0 Å². The van der Waals surface area contributed by atoms with Crippen LogP contribution in [0.1, 0.15) is 22.8 Å². The lowest BCUT2D eigenvalue weighted by Gasteiger charge is -2.06. The van der Waals surface area contributed by atoms with Crippen LogP contribution in [-0.4, -0.2) is 26.2 Å². The largest absolute Gasteiger partial charge is 0.411 e. The zero-order chi connectivity index (χ0) is 18.1. The molecule has 0 saturated carbocycles. The number of fused-ring (bicyclic) bond motifs is 1. The fourth-order valence-corrected chi connectivity index (χ4v) is 3.60. The number of rotatable bonds is 5. The third kappa shape index (κ3) is 3.15. The summed E-state index contributed by atoms with van der Waals surface area (Å²) in [5.41, 5.74) is 3.63. The van der Waals surface area contributed by atoms with E-state index in [4.69, 9.17) is 4.42 Å². The number of aromatic amines is 1. The van der Waals surface area contributed by atoms with Crippen LogP contribution >= 0.6 is 11.8 Å². The van der Waals surface area contributed by atoms with E-state index in [2.05, 4.69) is 15.2 Å². The molecule has 26 heavy (non-hydrogen) atoms. The third-order valence-electron chi connectivity index (χ3n) is 4.17. The van der Waals surface area contributed by atoms with Gasteiger partial charge in [-0.15, -0.1) is 10.2 Å². The van der Waals surface area contributed by atoms with E-state index in [-0.39, 0.29) is 11.0 Å². The molecular formula is C20H17N3O2S. The van der Waals surface area contributed by atoms with Crippen LogP contribution in [0.25, 0.3) is 22.4 Å². The first-order valence-corrected chi connectivity index (χ1v) is 9.17. The molecule has 0 aliphatic heterocycles. The molecule has 4 rings (SSSR count). The van der Waals surface area contributed by atoms with E-state index < -0.39 is 0 Å². The summed E-state index contributed by atoms with van der Waals surface area (Å²) in [5, 5.41) is 9.16. The van der Waals surface area contributed by atoms with Gasteiger partial charge in [-0.25, -0.2) is 0 Å². The smallest absolute Gasteiger partial charge is 0.277 e. The second-order valence-corrected chi connectivity index (χ2v) is 7.41. The van der Waals surface area contributed by atoms with Gasteiger partial charge in [-0.2, -0.15) is 0 Å². The van der Waals surface area contributed by atoms with Gasteiger partial charge in [0.2, 0.25) is 5.89 Å². The molecule has 0 saturated heterocycles. The van der Waals surface area contributed by atoms with Crippen molar-refractivity contribution in [1.82, 2.24) is 15.2 Å². The highest BCUT2D eigenvalue weighted by molar-refractivity contribution is 8.00. The summed E-state index contributed by atoms with van der Waals surface area (Å²) in [6, 6.07) is 15.6. The predicted octanol–water partition coefficient (Wildman–Crippen LogP) is 4.89. The molecule has 0 radical (unpaired) electrons. The first-order chi connectivity index (χ1) is 12.6. The van der Waals surface area contributed by atoms with Crippen LogP contribution in [0.2, 0.25) is 0 Å². The number of nitrogens with zero attached hydrogens (tertiary/aromatic N) is 2. The van der Waals surface area contributed by atoms with E-state index in [0.717, 1.165) is 22.0 Å². The van der Waals surface area contributed by atoms with E-state index in [1.165, 1.54) is 11.8 Å². The monoisotopic (exact) mass is 363 g/mol. The second-order valence-electron chi connectivity index (χ2n) is 6.11. The van der Waals surface area contributed by atoms with Gasteiger partial charge in [-0.05, 0) is 32.0 Å². The molecule has 0 amide bonds. The highest BCUT2D eigenvalue weighted by Crippen LogP contribution is 2.29. The summed E-state index contributed by atoms with van der Waals surface area (Å²) in [5.74, 6) is 0.491. The van der Waals surface area contributed by atoms with E-state index in [0.29, 0.717) is 16.7 Å². The highest BCUT2D eigenvalue weighted by atomic mass is 32.2. The van der Waals surface area contributed by atoms with Crippen molar-refractivity contribution in [3.8, 4) is 11.5 Å². The number of nitrogens with one attached hydrogen (secondary N) is 1. The number of carbonyl (C=O) groups excluding carboxylic acids is 1. The minimum atomic E-state index is -0.333. The Balaban J connectivity index is 1.53. The fourth-order valence-electron chi connectivity index (χ4n) is 2.85. The van der Waals surface area contributed by atoms with Gasteiger partial charge in [0.15, 0.2) is 5.78 Å². The summed E-state index contributed by atoms with van der Waals surface area (Å²) < 4.78 is 5.73. The highest BCUT2D eigenvalue weighted by Gasteiger charge is 2.22. The van der Waals surface area contributed by atoms with Crippen LogP contribution in [0, 0.1) is 6.92 Å². The second kappa shape index (κ2) is 6.80. The Labute approximate surface area is 154 Å². The summed E-state index contributed by atoms with van der Waals surface area (Å²) in [7, 11) is 0. The lowest BCUT2D eigenvalue weighted by Crippen LogP contribution is -2.13. The van der Waals surface area contributed by atoms with Gasteiger partial charge in [0, 0.05) is 28.2 Å². The maximum atomic E-state index is 12.8. The average Bonchev–Trinajstić information content (AvgIpc) is 3.28. The first-order valence-electron chi connectivity index (χ1n) is 8.29. The molecule has 4 aromatic rings. The van der Waals surface area contributed by atoms with E-state index in [9.17, 15) is 4.79 Å². The van der Waals surface area contributed by atoms with Crippen LogP contribution in [0.3, 0.4) is 0 Å². The normalized spacial score (nSPS) is 12.4. The van der Waals surface area contributed by atoms with E-state index in [1.807, 2.05) is 62.4 Å². The number of hydrogen-bond donors (Lipinski definition) is 1. The number of Topliss-reactive ketones (excluding diaryl/α,β-unsaturated/α-hetero) is 1. The SMILES string of the molecule is Cc1cccc(-c2nnc(S[C@@H](C)C(=O)c3c[nH]c4ccccc34)o2)c1. The van der Waals surface area contributed by atoms with Gasteiger partial charge in [-0.3, -0.25) is 4.79 Å². The third-order valence-corrected chi connectivity index (χ3v) is 5.11. The summed E-state index contributed by atoms with van der Waals surface area (Å²) in [6.45, 7) is 3.86. The Morgan fingerprint density at radius 2 is 2.00 bits per heavy atom. The number of hydrogen-bond acceptors (Lipinski definition) is 5. The van der Waals surface area contributed by atoms with Crippen molar-refractivity contribution in [2.45, 2.75) is 24.3 Å². The number of thioether (sulfide) groups is 1. The van der Waals surface area contributed by atoms with Crippen LogP contribution in [0.4, 0.5) is 0 Å². The Hall–Kier alpha value is -2.86. The van der Waals surface area contributed by atoms with Gasteiger partial charge in [0.05, 0.1) is 5.25 Å². The van der Waals surface area contributed by atoms with Crippen LogP contribution < -0.4 is 0 Å². The van der Waals surface area contributed by atoms with Gasteiger partial charge in [0.1, 0.15) is 0 Å². The maximum absolute atomic E-state index is 12.8. The number of aryl methyl sites for hydroxylation is 1. The van der Waals surface area contributed by atoms with Crippen molar-refractivity contribution < 1.29 is 9.21 Å². The van der Waals surface area contributed by atoms with Gasteiger partial charge in [0.25, 0.3) is 5.22 Å². The number of aromatic nitrogens is 3. The Morgan fingerprint density at radius 3 is 2.85 bits per heavy atom. The standard InChI is InChI=1S/C20H17N3O2S/c1-12-6-5-7-14(10-12)19-22-23-20(25-19)26-13(2)18(24)16-11-21-17-9-4-3-8-15(16)17/h3-11,13,21H,1-2H3/t13-/m0/s1. The zero-order valence-corrected chi connectivity index (χ0v) is 15.2. The molecule has 5 nitrogen and oxygen atoms in total. The molecule has 1 atom stereocenters. The predicted molar refractivity (Wildman–Crippen MR) is 102 cm³/mol. The molecule has 1 N–H and O–H groups in total. The average molecular weight is 363 g/mol. The Morgan fingerprint density at radius 1 is 1.15 bits per heavy atom. The lowest BCUT2D eigenvalue weighted by atomic mass is 10.1. The van der Waals surface area contributed by atoms with Crippen molar-refractivity contribution >= 4 is 28.4 Å².